The summed E-state index contributed by atoms with van der Waals surface area (Å²) in [5, 5.41) is 0. The van der Waals surface area contributed by atoms with Gasteiger partial charge in [0, 0.05) is 38.3 Å². The summed E-state index contributed by atoms with van der Waals surface area (Å²) in [6.45, 7) is 13.0. The van der Waals surface area contributed by atoms with Crippen LogP contribution in [0, 0.1) is 20.8 Å². The molecule has 0 amide bonds. The summed E-state index contributed by atoms with van der Waals surface area (Å²) in [6, 6.07) is 5.59. The molecule has 0 saturated carbocycles. The van der Waals surface area contributed by atoms with Crippen molar-refractivity contribution < 1.29 is 0 Å². The summed E-state index contributed by atoms with van der Waals surface area (Å²) in [4.78, 5) is 5.08. The number of aryl methyl sites for hydroxylation is 3. The Morgan fingerprint density at radius 1 is 1.19 bits per heavy atom. The zero-order chi connectivity index (χ0) is 15.6. The van der Waals surface area contributed by atoms with Crippen molar-refractivity contribution in [3.63, 3.8) is 0 Å². The van der Waals surface area contributed by atoms with Gasteiger partial charge in [0.1, 0.15) is 0 Å². The van der Waals surface area contributed by atoms with Crippen LogP contribution >= 0.6 is 0 Å². The Kier molecular flexibility index (Phi) is 5.42. The van der Waals surface area contributed by atoms with E-state index < -0.39 is 0 Å². The van der Waals surface area contributed by atoms with E-state index in [0.29, 0.717) is 18.6 Å². The lowest BCUT2D eigenvalue weighted by Gasteiger charge is -2.43. The molecule has 21 heavy (non-hydrogen) atoms. The lowest BCUT2D eigenvalue weighted by Crippen LogP contribution is -2.53. The van der Waals surface area contributed by atoms with Crippen molar-refractivity contribution in [2.75, 3.05) is 33.2 Å². The SMILES string of the molecule is CCC1CN(C(CN)c2c(C)cc(C)cc2C)CCN1C. The van der Waals surface area contributed by atoms with Crippen LogP contribution in [0.25, 0.3) is 0 Å². The van der Waals surface area contributed by atoms with Gasteiger partial charge >= 0.3 is 0 Å². The molecule has 1 aromatic rings. The molecule has 2 N–H and O–H groups in total. The second kappa shape index (κ2) is 6.91. The first-order valence-electron chi connectivity index (χ1n) is 8.20. The number of nitrogens with two attached hydrogens (primary N) is 1. The Morgan fingerprint density at radius 3 is 2.33 bits per heavy atom. The predicted molar refractivity (Wildman–Crippen MR) is 90.7 cm³/mol. The quantitative estimate of drug-likeness (QED) is 0.925. The number of hydrogen-bond acceptors (Lipinski definition) is 3. The third-order valence-electron chi connectivity index (χ3n) is 5.02. The van der Waals surface area contributed by atoms with Gasteiger partial charge in [-0.2, -0.15) is 0 Å². The number of likely N-dealkylation sites (N-methyl/N-ethyl adjacent to an activating group) is 1. The lowest BCUT2D eigenvalue weighted by atomic mass is 9.92. The van der Waals surface area contributed by atoms with Crippen molar-refractivity contribution >= 4 is 0 Å². The number of hydrogen-bond donors (Lipinski definition) is 1. The van der Waals surface area contributed by atoms with Crippen molar-refractivity contribution in [3.8, 4) is 0 Å². The molecular weight excluding hydrogens is 258 g/mol. The minimum absolute atomic E-state index is 0.355. The van der Waals surface area contributed by atoms with E-state index in [9.17, 15) is 0 Å². The van der Waals surface area contributed by atoms with Gasteiger partial charge in [0.05, 0.1) is 0 Å². The van der Waals surface area contributed by atoms with Crippen LogP contribution in [0.4, 0.5) is 0 Å². The van der Waals surface area contributed by atoms with Crippen LogP contribution in [-0.4, -0.2) is 49.1 Å². The van der Waals surface area contributed by atoms with Crippen molar-refractivity contribution in [1.29, 1.82) is 0 Å². The van der Waals surface area contributed by atoms with E-state index in [1.165, 1.54) is 28.7 Å². The first-order chi connectivity index (χ1) is 9.97. The van der Waals surface area contributed by atoms with Gasteiger partial charge in [-0.15, -0.1) is 0 Å². The summed E-state index contributed by atoms with van der Waals surface area (Å²) in [6.07, 6.45) is 1.20. The Bertz CT molecular complexity index is 460. The minimum atomic E-state index is 0.355. The van der Waals surface area contributed by atoms with E-state index in [1.807, 2.05) is 0 Å². The summed E-state index contributed by atoms with van der Waals surface area (Å²) in [7, 11) is 2.24. The molecule has 2 unspecified atom stereocenters. The second-order valence-electron chi connectivity index (χ2n) is 6.60. The lowest BCUT2D eigenvalue weighted by molar-refractivity contribution is 0.0640. The molecule has 0 aliphatic carbocycles. The third-order valence-corrected chi connectivity index (χ3v) is 5.02. The van der Waals surface area contributed by atoms with Gasteiger partial charge in [-0.05, 0) is 50.9 Å². The average Bonchev–Trinajstić information content (AvgIpc) is 2.43. The van der Waals surface area contributed by atoms with Crippen LogP contribution in [0.2, 0.25) is 0 Å². The highest BCUT2D eigenvalue weighted by atomic mass is 15.3. The normalized spacial score (nSPS) is 22.5. The molecule has 0 spiro atoms. The van der Waals surface area contributed by atoms with Crippen molar-refractivity contribution in [1.82, 2.24) is 9.80 Å². The van der Waals surface area contributed by atoms with Gasteiger partial charge in [-0.1, -0.05) is 24.6 Å². The number of rotatable bonds is 4. The molecule has 1 aliphatic rings. The zero-order valence-electron chi connectivity index (χ0n) is 14.3. The third kappa shape index (κ3) is 3.47. The van der Waals surface area contributed by atoms with E-state index in [2.05, 4.69) is 56.7 Å². The first-order valence-corrected chi connectivity index (χ1v) is 8.20. The van der Waals surface area contributed by atoms with Gasteiger partial charge < -0.3 is 10.6 Å². The number of nitrogens with zero attached hydrogens (tertiary/aromatic N) is 2. The van der Waals surface area contributed by atoms with E-state index in [0.717, 1.165) is 19.6 Å². The maximum Gasteiger partial charge on any atom is 0.0476 e. The molecule has 1 heterocycles. The smallest absolute Gasteiger partial charge is 0.0476 e. The van der Waals surface area contributed by atoms with Gasteiger partial charge in [0.15, 0.2) is 0 Å². The molecule has 1 saturated heterocycles. The predicted octanol–water partition coefficient (Wildman–Crippen LogP) is 2.64. The molecule has 1 fully saturated rings. The van der Waals surface area contributed by atoms with Gasteiger partial charge in [0.25, 0.3) is 0 Å². The molecular formula is C18H31N3. The molecule has 1 aromatic carbocycles. The number of piperazine rings is 1. The van der Waals surface area contributed by atoms with E-state index in [1.54, 1.807) is 0 Å². The second-order valence-corrected chi connectivity index (χ2v) is 6.60. The summed E-state index contributed by atoms with van der Waals surface area (Å²) in [5.41, 5.74) is 11.7. The van der Waals surface area contributed by atoms with E-state index >= 15 is 0 Å². The maximum atomic E-state index is 6.18. The fourth-order valence-corrected chi connectivity index (χ4v) is 3.86. The molecule has 3 nitrogen and oxygen atoms in total. The van der Waals surface area contributed by atoms with Crippen LogP contribution < -0.4 is 5.73 Å². The fraction of sp³-hybridized carbons (Fsp3) is 0.667. The summed E-state index contributed by atoms with van der Waals surface area (Å²) in [5.74, 6) is 0. The minimum Gasteiger partial charge on any atom is -0.329 e. The Balaban J connectivity index is 2.28. The highest BCUT2D eigenvalue weighted by Gasteiger charge is 2.29. The number of benzene rings is 1. The first kappa shape index (κ1) is 16.5. The van der Waals surface area contributed by atoms with Crippen molar-refractivity contribution in [2.24, 2.45) is 5.73 Å². The van der Waals surface area contributed by atoms with E-state index in [-0.39, 0.29) is 0 Å². The summed E-state index contributed by atoms with van der Waals surface area (Å²) < 4.78 is 0. The summed E-state index contributed by atoms with van der Waals surface area (Å²) >= 11 is 0. The Hall–Kier alpha value is -0.900. The maximum absolute atomic E-state index is 6.18. The monoisotopic (exact) mass is 289 g/mol. The molecule has 0 radical (unpaired) electrons. The Morgan fingerprint density at radius 2 is 1.81 bits per heavy atom. The van der Waals surface area contributed by atoms with Crippen LogP contribution in [-0.2, 0) is 0 Å². The molecule has 0 aromatic heterocycles. The van der Waals surface area contributed by atoms with Gasteiger partial charge in [-0.3, -0.25) is 4.90 Å². The Labute approximate surface area is 130 Å². The van der Waals surface area contributed by atoms with Crippen LogP contribution in [0.1, 0.15) is 41.6 Å². The molecule has 118 valence electrons. The van der Waals surface area contributed by atoms with Crippen LogP contribution in [0.3, 0.4) is 0 Å². The fourth-order valence-electron chi connectivity index (χ4n) is 3.86. The van der Waals surface area contributed by atoms with Crippen LogP contribution in [0.15, 0.2) is 12.1 Å². The van der Waals surface area contributed by atoms with Gasteiger partial charge in [-0.25, -0.2) is 0 Å². The highest BCUT2D eigenvalue weighted by Crippen LogP contribution is 2.29. The van der Waals surface area contributed by atoms with Gasteiger partial charge in [0.2, 0.25) is 0 Å². The molecule has 2 atom stereocenters. The topological polar surface area (TPSA) is 32.5 Å². The largest absolute Gasteiger partial charge is 0.329 e. The highest BCUT2D eigenvalue weighted by molar-refractivity contribution is 5.40. The standard InChI is InChI=1S/C18H31N3/c1-6-16-12-21(8-7-20(16)5)17(11-19)18-14(3)9-13(2)10-15(18)4/h9-10,16-17H,6-8,11-12,19H2,1-5H3. The molecule has 1 aliphatic heterocycles. The average molecular weight is 289 g/mol. The molecule has 2 rings (SSSR count). The molecule has 3 heteroatoms. The zero-order valence-corrected chi connectivity index (χ0v) is 14.3. The van der Waals surface area contributed by atoms with Crippen molar-refractivity contribution in [2.45, 2.75) is 46.2 Å². The van der Waals surface area contributed by atoms with E-state index in [4.69, 9.17) is 5.73 Å². The molecule has 0 bridgehead atoms. The van der Waals surface area contributed by atoms with Crippen LogP contribution in [0.5, 0.6) is 0 Å². The van der Waals surface area contributed by atoms with Crippen molar-refractivity contribution in [3.05, 3.63) is 34.4 Å².